The fourth-order valence-electron chi connectivity index (χ4n) is 2.29. The number of ether oxygens (including phenoxy) is 1. The van der Waals surface area contributed by atoms with Gasteiger partial charge in [-0.25, -0.2) is 4.79 Å². The lowest BCUT2D eigenvalue weighted by Crippen LogP contribution is -1.98. The van der Waals surface area contributed by atoms with Crippen molar-refractivity contribution in [2.45, 2.75) is 0 Å². The minimum atomic E-state index is -0.933. The van der Waals surface area contributed by atoms with E-state index in [9.17, 15) is 9.90 Å². The molecule has 3 aromatic rings. The van der Waals surface area contributed by atoms with E-state index in [0.29, 0.717) is 5.56 Å². The van der Waals surface area contributed by atoms with Crippen molar-refractivity contribution in [1.82, 2.24) is 4.98 Å². The van der Waals surface area contributed by atoms with Crippen LogP contribution in [0.3, 0.4) is 0 Å². The monoisotopic (exact) mass is 267 g/mol. The standard InChI is InChI=1S/C16H13NO3/c1-20-11-6-7-14-10(8-11)9-15(17-14)12-4-2-3-5-13(12)16(18)19/h2-9,17H,1H3,(H,18,19). The van der Waals surface area contributed by atoms with Gasteiger partial charge in [-0.1, -0.05) is 18.2 Å². The number of aromatic nitrogens is 1. The maximum Gasteiger partial charge on any atom is 0.336 e. The second kappa shape index (κ2) is 4.74. The zero-order valence-corrected chi connectivity index (χ0v) is 10.9. The first kappa shape index (κ1) is 12.3. The molecule has 0 fully saturated rings. The molecular formula is C16H13NO3. The Morgan fingerprint density at radius 3 is 2.70 bits per heavy atom. The molecule has 0 aliphatic heterocycles. The number of hydrogen-bond donors (Lipinski definition) is 2. The van der Waals surface area contributed by atoms with Crippen LogP contribution in [-0.4, -0.2) is 23.2 Å². The number of nitrogens with one attached hydrogen (secondary N) is 1. The topological polar surface area (TPSA) is 62.3 Å². The molecule has 1 aromatic heterocycles. The van der Waals surface area contributed by atoms with E-state index in [4.69, 9.17) is 4.74 Å². The van der Waals surface area contributed by atoms with E-state index >= 15 is 0 Å². The third kappa shape index (κ3) is 2.01. The molecule has 0 unspecified atom stereocenters. The zero-order valence-electron chi connectivity index (χ0n) is 10.9. The van der Waals surface area contributed by atoms with Crippen molar-refractivity contribution in [3.05, 3.63) is 54.1 Å². The van der Waals surface area contributed by atoms with Crippen LogP contribution in [0.15, 0.2) is 48.5 Å². The average Bonchev–Trinajstić information content (AvgIpc) is 2.89. The van der Waals surface area contributed by atoms with E-state index in [1.807, 2.05) is 30.3 Å². The van der Waals surface area contributed by atoms with Crippen LogP contribution in [0, 0.1) is 0 Å². The SMILES string of the molecule is COc1ccc2[nH]c(-c3ccccc3C(=O)O)cc2c1. The molecule has 0 aliphatic carbocycles. The van der Waals surface area contributed by atoms with Gasteiger partial charge in [0.05, 0.1) is 12.7 Å². The molecule has 0 saturated carbocycles. The second-order valence-corrected chi connectivity index (χ2v) is 4.49. The Labute approximate surface area is 115 Å². The highest BCUT2D eigenvalue weighted by atomic mass is 16.5. The van der Waals surface area contributed by atoms with Gasteiger partial charge in [0, 0.05) is 22.2 Å². The first-order chi connectivity index (χ1) is 9.69. The molecule has 100 valence electrons. The molecule has 0 saturated heterocycles. The Hall–Kier alpha value is -2.75. The lowest BCUT2D eigenvalue weighted by atomic mass is 10.0. The third-order valence-corrected chi connectivity index (χ3v) is 3.28. The lowest BCUT2D eigenvalue weighted by Gasteiger charge is -2.02. The van der Waals surface area contributed by atoms with E-state index in [2.05, 4.69) is 4.98 Å². The summed E-state index contributed by atoms with van der Waals surface area (Å²) in [6.45, 7) is 0. The van der Waals surface area contributed by atoms with Crippen molar-refractivity contribution in [3.8, 4) is 17.0 Å². The van der Waals surface area contributed by atoms with Gasteiger partial charge in [-0.2, -0.15) is 0 Å². The van der Waals surface area contributed by atoms with Gasteiger partial charge in [-0.3, -0.25) is 0 Å². The van der Waals surface area contributed by atoms with E-state index in [1.54, 1.807) is 25.3 Å². The Bertz CT molecular complexity index is 789. The number of fused-ring (bicyclic) bond motifs is 1. The molecule has 0 aliphatic rings. The summed E-state index contributed by atoms with van der Waals surface area (Å²) in [5.74, 6) is -0.161. The quantitative estimate of drug-likeness (QED) is 0.763. The number of rotatable bonds is 3. The molecule has 0 atom stereocenters. The fraction of sp³-hybridized carbons (Fsp3) is 0.0625. The molecule has 2 aromatic carbocycles. The molecule has 20 heavy (non-hydrogen) atoms. The summed E-state index contributed by atoms with van der Waals surface area (Å²) in [5.41, 5.74) is 2.69. The highest BCUT2D eigenvalue weighted by Gasteiger charge is 2.12. The Morgan fingerprint density at radius 2 is 1.95 bits per heavy atom. The highest BCUT2D eigenvalue weighted by molar-refractivity contribution is 5.97. The number of methoxy groups -OCH3 is 1. The molecule has 0 radical (unpaired) electrons. The molecule has 3 rings (SSSR count). The van der Waals surface area contributed by atoms with Crippen LogP contribution in [0.2, 0.25) is 0 Å². The van der Waals surface area contributed by atoms with E-state index in [-0.39, 0.29) is 5.56 Å². The minimum Gasteiger partial charge on any atom is -0.497 e. The van der Waals surface area contributed by atoms with Crippen molar-refractivity contribution in [3.63, 3.8) is 0 Å². The number of hydrogen-bond acceptors (Lipinski definition) is 2. The number of aromatic carboxylic acids is 1. The van der Waals surface area contributed by atoms with Crippen LogP contribution < -0.4 is 4.74 Å². The second-order valence-electron chi connectivity index (χ2n) is 4.49. The summed E-state index contributed by atoms with van der Waals surface area (Å²) < 4.78 is 5.19. The zero-order chi connectivity index (χ0) is 14.1. The maximum absolute atomic E-state index is 11.3. The Kier molecular flexibility index (Phi) is 2.91. The molecule has 0 spiro atoms. The normalized spacial score (nSPS) is 10.7. The van der Waals surface area contributed by atoms with Crippen LogP contribution in [0.25, 0.3) is 22.2 Å². The number of carboxylic acids is 1. The summed E-state index contributed by atoms with van der Waals surface area (Å²) in [5, 5.41) is 10.2. The predicted molar refractivity (Wildman–Crippen MR) is 77.2 cm³/mol. The van der Waals surface area contributed by atoms with Gasteiger partial charge < -0.3 is 14.8 Å². The van der Waals surface area contributed by atoms with Gasteiger partial charge in [0.2, 0.25) is 0 Å². The van der Waals surface area contributed by atoms with Crippen molar-refractivity contribution < 1.29 is 14.6 Å². The van der Waals surface area contributed by atoms with Crippen LogP contribution >= 0.6 is 0 Å². The number of carboxylic acid groups (broad SMARTS) is 1. The molecule has 0 amide bonds. The number of H-pyrrole nitrogens is 1. The summed E-state index contributed by atoms with van der Waals surface area (Å²) in [7, 11) is 1.62. The van der Waals surface area contributed by atoms with E-state index in [0.717, 1.165) is 22.3 Å². The van der Waals surface area contributed by atoms with Gasteiger partial charge in [0.1, 0.15) is 5.75 Å². The Balaban J connectivity index is 2.18. The van der Waals surface area contributed by atoms with Crippen molar-refractivity contribution in [2.24, 2.45) is 0 Å². The van der Waals surface area contributed by atoms with Gasteiger partial charge in [-0.15, -0.1) is 0 Å². The number of carbonyl (C=O) groups is 1. The first-order valence-electron chi connectivity index (χ1n) is 6.18. The number of aromatic amines is 1. The summed E-state index contributed by atoms with van der Waals surface area (Å²) in [6, 6.07) is 14.6. The first-order valence-corrected chi connectivity index (χ1v) is 6.18. The van der Waals surface area contributed by atoms with Gasteiger partial charge in [0.25, 0.3) is 0 Å². The summed E-state index contributed by atoms with van der Waals surface area (Å²) >= 11 is 0. The van der Waals surface area contributed by atoms with Crippen LogP contribution in [0.1, 0.15) is 10.4 Å². The van der Waals surface area contributed by atoms with Crippen LogP contribution in [0.5, 0.6) is 5.75 Å². The maximum atomic E-state index is 11.3. The van der Waals surface area contributed by atoms with E-state index < -0.39 is 5.97 Å². The molecular weight excluding hydrogens is 254 g/mol. The molecule has 2 N–H and O–H groups in total. The molecule has 4 nitrogen and oxygen atoms in total. The van der Waals surface area contributed by atoms with Gasteiger partial charge in [0.15, 0.2) is 0 Å². The van der Waals surface area contributed by atoms with E-state index in [1.165, 1.54) is 0 Å². The van der Waals surface area contributed by atoms with Gasteiger partial charge >= 0.3 is 5.97 Å². The van der Waals surface area contributed by atoms with Crippen LogP contribution in [0.4, 0.5) is 0 Å². The molecule has 4 heteroatoms. The fourth-order valence-corrected chi connectivity index (χ4v) is 2.29. The lowest BCUT2D eigenvalue weighted by molar-refractivity contribution is 0.0697. The van der Waals surface area contributed by atoms with Crippen LogP contribution in [-0.2, 0) is 0 Å². The average molecular weight is 267 g/mol. The summed E-state index contributed by atoms with van der Waals surface area (Å²) in [4.78, 5) is 14.5. The smallest absolute Gasteiger partial charge is 0.336 e. The van der Waals surface area contributed by atoms with Crippen molar-refractivity contribution in [1.29, 1.82) is 0 Å². The van der Waals surface area contributed by atoms with Crippen molar-refractivity contribution >= 4 is 16.9 Å². The predicted octanol–water partition coefficient (Wildman–Crippen LogP) is 3.54. The number of benzene rings is 2. The third-order valence-electron chi connectivity index (χ3n) is 3.28. The van der Waals surface area contributed by atoms with Crippen molar-refractivity contribution in [2.75, 3.05) is 7.11 Å². The largest absolute Gasteiger partial charge is 0.497 e. The molecule has 1 heterocycles. The highest BCUT2D eigenvalue weighted by Crippen LogP contribution is 2.29. The summed E-state index contributed by atoms with van der Waals surface area (Å²) in [6.07, 6.45) is 0. The Morgan fingerprint density at radius 1 is 1.15 bits per heavy atom. The van der Waals surface area contributed by atoms with Gasteiger partial charge in [-0.05, 0) is 30.3 Å². The molecule has 0 bridgehead atoms. The minimum absolute atomic E-state index is 0.283.